The van der Waals surface area contributed by atoms with Crippen molar-refractivity contribution >= 4 is 22.7 Å². The molecule has 144 valence electrons. The lowest BCUT2D eigenvalue weighted by atomic mass is 10.1. The number of nitrogens with zero attached hydrogens (tertiary/aromatic N) is 5. The van der Waals surface area contributed by atoms with Crippen molar-refractivity contribution in [1.29, 1.82) is 0 Å². The second-order valence-electron chi connectivity index (χ2n) is 7.11. The molecular weight excluding hydrogens is 352 g/mol. The Morgan fingerprint density at radius 3 is 2.68 bits per heavy atom. The van der Waals surface area contributed by atoms with Crippen LogP contribution >= 0.6 is 0 Å². The predicted octanol–water partition coefficient (Wildman–Crippen LogP) is 3.86. The van der Waals surface area contributed by atoms with Gasteiger partial charge >= 0.3 is 0 Å². The lowest BCUT2D eigenvalue weighted by Gasteiger charge is -2.08. The van der Waals surface area contributed by atoms with Gasteiger partial charge in [-0.25, -0.2) is 4.98 Å². The molecule has 0 aromatic carbocycles. The Labute approximate surface area is 164 Å². The van der Waals surface area contributed by atoms with Crippen LogP contribution in [0.15, 0.2) is 49.1 Å². The SMILES string of the molecule is COCC(C)c1cc(Nc2ccc3ncc(-c4cnn(C)c4)cc3n2)n(C)c1. The Balaban J connectivity index is 1.62. The molecule has 4 rings (SSSR count). The standard InChI is InChI=1S/C21H24N6O/c1-14(13-28-4)16-8-21(26(2)11-16)25-20-6-5-18-19(24-20)7-15(9-22-18)17-10-23-27(3)12-17/h5-12,14H,13H2,1-4H3,(H,24,25). The molecule has 7 nitrogen and oxygen atoms in total. The number of ether oxygens (including phenoxy) is 1. The first-order chi connectivity index (χ1) is 13.5. The minimum Gasteiger partial charge on any atom is -0.384 e. The molecule has 0 aliphatic carbocycles. The van der Waals surface area contributed by atoms with Crippen molar-refractivity contribution in [1.82, 2.24) is 24.3 Å². The van der Waals surface area contributed by atoms with E-state index in [1.54, 1.807) is 11.8 Å². The van der Waals surface area contributed by atoms with Crippen molar-refractivity contribution in [3.63, 3.8) is 0 Å². The summed E-state index contributed by atoms with van der Waals surface area (Å²) in [6.07, 6.45) is 7.78. The second kappa shape index (κ2) is 7.44. The van der Waals surface area contributed by atoms with Crippen LogP contribution in [0.1, 0.15) is 18.4 Å². The summed E-state index contributed by atoms with van der Waals surface area (Å²) >= 11 is 0. The summed E-state index contributed by atoms with van der Waals surface area (Å²) in [5.74, 6) is 2.11. The van der Waals surface area contributed by atoms with E-state index in [-0.39, 0.29) is 0 Å². The highest BCUT2D eigenvalue weighted by Gasteiger charge is 2.11. The molecule has 0 bridgehead atoms. The molecule has 0 radical (unpaired) electrons. The van der Waals surface area contributed by atoms with Gasteiger partial charge in [-0.2, -0.15) is 5.10 Å². The molecule has 4 aromatic rings. The van der Waals surface area contributed by atoms with E-state index in [1.165, 1.54) is 5.56 Å². The minimum absolute atomic E-state index is 0.336. The zero-order valence-corrected chi connectivity index (χ0v) is 16.5. The van der Waals surface area contributed by atoms with Gasteiger partial charge in [-0.15, -0.1) is 0 Å². The van der Waals surface area contributed by atoms with Crippen LogP contribution in [0.25, 0.3) is 22.2 Å². The molecule has 7 heteroatoms. The molecule has 0 saturated carbocycles. The van der Waals surface area contributed by atoms with Gasteiger partial charge in [0.25, 0.3) is 0 Å². The molecule has 0 fully saturated rings. The van der Waals surface area contributed by atoms with E-state index in [4.69, 9.17) is 9.72 Å². The highest BCUT2D eigenvalue weighted by Crippen LogP contribution is 2.26. The van der Waals surface area contributed by atoms with Crippen molar-refractivity contribution in [3.8, 4) is 11.1 Å². The van der Waals surface area contributed by atoms with Crippen LogP contribution in [-0.2, 0) is 18.8 Å². The topological polar surface area (TPSA) is 69.8 Å². The van der Waals surface area contributed by atoms with Crippen molar-refractivity contribution in [2.24, 2.45) is 14.1 Å². The first kappa shape index (κ1) is 18.2. The van der Waals surface area contributed by atoms with E-state index in [9.17, 15) is 0 Å². The van der Waals surface area contributed by atoms with Gasteiger partial charge in [-0.05, 0) is 29.8 Å². The molecule has 4 aromatic heterocycles. The summed E-state index contributed by atoms with van der Waals surface area (Å²) in [5.41, 5.74) is 4.96. The lowest BCUT2D eigenvalue weighted by Crippen LogP contribution is -2.00. The normalized spacial score (nSPS) is 12.4. The molecule has 0 aliphatic heterocycles. The molecule has 0 saturated heterocycles. The van der Waals surface area contributed by atoms with Crippen LogP contribution in [0, 0.1) is 0 Å². The molecule has 28 heavy (non-hydrogen) atoms. The average Bonchev–Trinajstić information content (AvgIpc) is 3.27. The van der Waals surface area contributed by atoms with Gasteiger partial charge < -0.3 is 14.6 Å². The van der Waals surface area contributed by atoms with Crippen molar-refractivity contribution in [2.45, 2.75) is 12.8 Å². The quantitative estimate of drug-likeness (QED) is 0.553. The zero-order chi connectivity index (χ0) is 19.7. The third-order valence-corrected chi connectivity index (χ3v) is 4.84. The molecule has 0 amide bonds. The fourth-order valence-electron chi connectivity index (χ4n) is 3.27. The van der Waals surface area contributed by atoms with Gasteiger partial charge in [-0.3, -0.25) is 9.67 Å². The maximum Gasteiger partial charge on any atom is 0.132 e. The van der Waals surface area contributed by atoms with E-state index in [2.05, 4.69) is 39.2 Å². The van der Waals surface area contributed by atoms with E-state index >= 15 is 0 Å². The van der Waals surface area contributed by atoms with Crippen molar-refractivity contribution < 1.29 is 4.74 Å². The number of fused-ring (bicyclic) bond motifs is 1. The van der Waals surface area contributed by atoms with E-state index in [0.717, 1.165) is 33.8 Å². The van der Waals surface area contributed by atoms with Gasteiger partial charge in [0.1, 0.15) is 11.6 Å². The van der Waals surface area contributed by atoms with Crippen LogP contribution in [-0.4, -0.2) is 38.0 Å². The monoisotopic (exact) mass is 376 g/mol. The Morgan fingerprint density at radius 1 is 1.07 bits per heavy atom. The van der Waals surface area contributed by atoms with Gasteiger partial charge in [0.05, 0.1) is 23.8 Å². The first-order valence-electron chi connectivity index (χ1n) is 9.21. The van der Waals surface area contributed by atoms with E-state index in [0.29, 0.717) is 12.5 Å². The van der Waals surface area contributed by atoms with Crippen LogP contribution in [0.3, 0.4) is 0 Å². The smallest absolute Gasteiger partial charge is 0.132 e. The fraction of sp³-hybridized carbons (Fsp3) is 0.286. The lowest BCUT2D eigenvalue weighted by molar-refractivity contribution is 0.184. The number of aryl methyl sites for hydroxylation is 2. The number of hydrogen-bond donors (Lipinski definition) is 1. The minimum atomic E-state index is 0.336. The maximum absolute atomic E-state index is 5.27. The fourth-order valence-corrected chi connectivity index (χ4v) is 3.27. The summed E-state index contributed by atoms with van der Waals surface area (Å²) < 4.78 is 9.12. The third-order valence-electron chi connectivity index (χ3n) is 4.84. The zero-order valence-electron chi connectivity index (χ0n) is 16.5. The third kappa shape index (κ3) is 3.61. The first-order valence-corrected chi connectivity index (χ1v) is 9.21. The Kier molecular flexibility index (Phi) is 4.83. The van der Waals surface area contributed by atoms with Crippen molar-refractivity contribution in [2.75, 3.05) is 19.0 Å². The Morgan fingerprint density at radius 2 is 1.93 bits per heavy atom. The summed E-state index contributed by atoms with van der Waals surface area (Å²) in [5, 5.41) is 7.64. The van der Waals surface area contributed by atoms with Crippen molar-refractivity contribution in [3.05, 3.63) is 54.6 Å². The number of aromatic nitrogens is 5. The van der Waals surface area contributed by atoms with Crippen LogP contribution < -0.4 is 5.32 Å². The number of methoxy groups -OCH3 is 1. The molecule has 1 atom stereocenters. The second-order valence-corrected chi connectivity index (χ2v) is 7.11. The number of hydrogen-bond acceptors (Lipinski definition) is 5. The van der Waals surface area contributed by atoms with Crippen LogP contribution in [0.4, 0.5) is 11.6 Å². The van der Waals surface area contributed by atoms with Gasteiger partial charge in [0, 0.05) is 56.8 Å². The molecule has 1 N–H and O–H groups in total. The largest absolute Gasteiger partial charge is 0.384 e. The average molecular weight is 376 g/mol. The maximum atomic E-state index is 5.27. The van der Waals surface area contributed by atoms with Gasteiger partial charge in [-0.1, -0.05) is 6.92 Å². The van der Waals surface area contributed by atoms with E-state index < -0.39 is 0 Å². The summed E-state index contributed by atoms with van der Waals surface area (Å²) in [7, 11) is 5.65. The van der Waals surface area contributed by atoms with Gasteiger partial charge in [0.15, 0.2) is 0 Å². The Bertz CT molecular complexity index is 1110. The number of pyridine rings is 2. The highest BCUT2D eigenvalue weighted by atomic mass is 16.5. The molecule has 0 spiro atoms. The summed E-state index contributed by atoms with van der Waals surface area (Å²) in [6, 6.07) is 8.11. The predicted molar refractivity (Wildman–Crippen MR) is 111 cm³/mol. The summed E-state index contributed by atoms with van der Waals surface area (Å²) in [6.45, 7) is 2.85. The molecular formula is C21H24N6O. The number of rotatable bonds is 6. The highest BCUT2D eigenvalue weighted by molar-refractivity contribution is 5.81. The molecule has 4 heterocycles. The number of nitrogens with one attached hydrogen (secondary N) is 1. The van der Waals surface area contributed by atoms with Crippen LogP contribution in [0.2, 0.25) is 0 Å². The Hall–Kier alpha value is -3.19. The van der Waals surface area contributed by atoms with Crippen LogP contribution in [0.5, 0.6) is 0 Å². The number of anilines is 2. The van der Waals surface area contributed by atoms with Gasteiger partial charge in [0.2, 0.25) is 0 Å². The summed E-state index contributed by atoms with van der Waals surface area (Å²) in [4.78, 5) is 9.29. The van der Waals surface area contributed by atoms with E-state index in [1.807, 2.05) is 50.9 Å². The molecule has 1 unspecified atom stereocenters. The molecule has 0 aliphatic rings.